The minimum Gasteiger partial charge on any atom is -0.352 e. The van der Waals surface area contributed by atoms with Crippen molar-refractivity contribution >= 4 is 23.8 Å². The second-order valence-electron chi connectivity index (χ2n) is 4.41. The molecule has 0 unspecified atom stereocenters. The molecule has 0 radical (unpaired) electrons. The van der Waals surface area contributed by atoms with Crippen molar-refractivity contribution in [3.05, 3.63) is 65.1 Å². The van der Waals surface area contributed by atoms with Crippen molar-refractivity contribution < 1.29 is 4.79 Å². The summed E-state index contributed by atoms with van der Waals surface area (Å²) in [6.07, 6.45) is 3.39. The molecule has 1 amide bonds. The van der Waals surface area contributed by atoms with E-state index in [2.05, 4.69) is 20.5 Å². The maximum atomic E-state index is 12.1. The van der Waals surface area contributed by atoms with E-state index in [1.807, 2.05) is 30.3 Å². The lowest BCUT2D eigenvalue weighted by Crippen LogP contribution is -2.12. The Bertz CT molecular complexity index is 806. The Kier molecular flexibility index (Phi) is 3.61. The van der Waals surface area contributed by atoms with Gasteiger partial charge in [0.2, 0.25) is 0 Å². The van der Waals surface area contributed by atoms with E-state index in [0.717, 1.165) is 11.3 Å². The van der Waals surface area contributed by atoms with Crippen LogP contribution in [0.1, 0.15) is 10.4 Å². The fourth-order valence-corrected chi connectivity index (χ4v) is 2.18. The van der Waals surface area contributed by atoms with Gasteiger partial charge in [-0.15, -0.1) is 0 Å². The third-order valence-electron chi connectivity index (χ3n) is 3.02. The van der Waals surface area contributed by atoms with Gasteiger partial charge < -0.3 is 10.3 Å². The fraction of sp³-hybridized carbons (Fsp3) is 0. The van der Waals surface area contributed by atoms with Crippen molar-refractivity contribution in [1.82, 2.24) is 15.2 Å². The highest BCUT2D eigenvalue weighted by atomic mass is 32.1. The van der Waals surface area contributed by atoms with E-state index >= 15 is 0 Å². The maximum Gasteiger partial charge on any atom is 0.258 e. The SMILES string of the molecule is O=C(Nc1ccc(-c2ccn[nH]2)cc1)c1ccc[nH]c1=S. The molecule has 1 aromatic carbocycles. The number of pyridine rings is 1. The van der Waals surface area contributed by atoms with Crippen LogP contribution in [0.2, 0.25) is 0 Å². The van der Waals surface area contributed by atoms with Crippen LogP contribution >= 0.6 is 12.2 Å². The number of rotatable bonds is 3. The topological polar surface area (TPSA) is 73.6 Å². The van der Waals surface area contributed by atoms with Gasteiger partial charge in [0.15, 0.2) is 0 Å². The quantitative estimate of drug-likeness (QED) is 0.649. The van der Waals surface area contributed by atoms with Crippen LogP contribution in [0, 0.1) is 4.64 Å². The Labute approximate surface area is 126 Å². The summed E-state index contributed by atoms with van der Waals surface area (Å²) in [5, 5.41) is 9.62. The van der Waals surface area contributed by atoms with Crippen molar-refractivity contribution in [3.8, 4) is 11.3 Å². The van der Waals surface area contributed by atoms with Crippen molar-refractivity contribution in [2.75, 3.05) is 5.32 Å². The van der Waals surface area contributed by atoms with Crippen molar-refractivity contribution in [3.63, 3.8) is 0 Å². The molecule has 0 bridgehead atoms. The second kappa shape index (κ2) is 5.72. The normalized spacial score (nSPS) is 10.3. The van der Waals surface area contributed by atoms with Gasteiger partial charge in [-0.25, -0.2) is 0 Å². The van der Waals surface area contributed by atoms with Gasteiger partial charge >= 0.3 is 0 Å². The highest BCUT2D eigenvalue weighted by Gasteiger charge is 2.08. The highest BCUT2D eigenvalue weighted by Crippen LogP contribution is 2.19. The molecular weight excluding hydrogens is 284 g/mol. The van der Waals surface area contributed by atoms with Gasteiger partial charge in [0.25, 0.3) is 5.91 Å². The number of benzene rings is 1. The van der Waals surface area contributed by atoms with Gasteiger partial charge in [-0.3, -0.25) is 9.89 Å². The monoisotopic (exact) mass is 296 g/mol. The summed E-state index contributed by atoms with van der Waals surface area (Å²) < 4.78 is 0.420. The largest absolute Gasteiger partial charge is 0.352 e. The predicted octanol–water partition coefficient (Wildman–Crippen LogP) is 3.39. The molecule has 3 rings (SSSR count). The summed E-state index contributed by atoms with van der Waals surface area (Å²) in [5.74, 6) is -0.230. The summed E-state index contributed by atoms with van der Waals surface area (Å²) in [6, 6.07) is 12.8. The zero-order valence-electron chi connectivity index (χ0n) is 11.0. The maximum absolute atomic E-state index is 12.1. The third-order valence-corrected chi connectivity index (χ3v) is 3.36. The summed E-state index contributed by atoms with van der Waals surface area (Å²) in [6.45, 7) is 0. The summed E-state index contributed by atoms with van der Waals surface area (Å²) >= 11 is 5.09. The number of hydrogen-bond acceptors (Lipinski definition) is 3. The smallest absolute Gasteiger partial charge is 0.258 e. The molecule has 3 N–H and O–H groups in total. The molecule has 0 saturated carbocycles. The predicted molar refractivity (Wildman–Crippen MR) is 83.6 cm³/mol. The molecule has 21 heavy (non-hydrogen) atoms. The molecule has 0 saturated heterocycles. The Morgan fingerprint density at radius 1 is 1.14 bits per heavy atom. The van der Waals surface area contributed by atoms with Gasteiger partial charge in [0.1, 0.15) is 4.64 Å². The van der Waals surface area contributed by atoms with E-state index in [1.165, 1.54) is 0 Å². The van der Waals surface area contributed by atoms with Crippen LogP contribution in [0.15, 0.2) is 54.9 Å². The molecule has 0 aliphatic rings. The second-order valence-corrected chi connectivity index (χ2v) is 4.82. The molecule has 104 valence electrons. The number of carbonyl (C=O) groups excluding carboxylic acids is 1. The van der Waals surface area contributed by atoms with Gasteiger partial charge in [-0.1, -0.05) is 24.4 Å². The molecular formula is C15H12N4OS. The highest BCUT2D eigenvalue weighted by molar-refractivity contribution is 7.71. The third kappa shape index (κ3) is 2.90. The molecule has 3 aromatic rings. The minimum atomic E-state index is -0.230. The van der Waals surface area contributed by atoms with E-state index in [9.17, 15) is 4.79 Å². The molecule has 0 aliphatic carbocycles. The van der Waals surface area contributed by atoms with E-state index in [-0.39, 0.29) is 5.91 Å². The zero-order valence-corrected chi connectivity index (χ0v) is 11.8. The molecule has 0 fully saturated rings. The average molecular weight is 296 g/mol. The molecule has 2 heterocycles. The number of anilines is 1. The van der Waals surface area contributed by atoms with Crippen LogP contribution in [0.4, 0.5) is 5.69 Å². The molecule has 2 aromatic heterocycles. The van der Waals surface area contributed by atoms with Crippen LogP contribution in [0.3, 0.4) is 0 Å². The molecule has 0 aliphatic heterocycles. The van der Waals surface area contributed by atoms with Crippen LogP contribution in [0.25, 0.3) is 11.3 Å². The first-order chi connectivity index (χ1) is 10.2. The lowest BCUT2D eigenvalue weighted by atomic mass is 10.1. The van der Waals surface area contributed by atoms with Crippen LogP contribution in [-0.4, -0.2) is 21.1 Å². The zero-order chi connectivity index (χ0) is 14.7. The van der Waals surface area contributed by atoms with E-state index in [0.29, 0.717) is 15.9 Å². The summed E-state index contributed by atoms with van der Waals surface area (Å²) in [5.41, 5.74) is 3.09. The minimum absolute atomic E-state index is 0.230. The number of nitrogens with one attached hydrogen (secondary N) is 3. The van der Waals surface area contributed by atoms with Gasteiger partial charge in [0.05, 0.1) is 11.3 Å². The number of carbonyl (C=O) groups is 1. The van der Waals surface area contributed by atoms with E-state index in [1.54, 1.807) is 24.5 Å². The van der Waals surface area contributed by atoms with E-state index < -0.39 is 0 Å². The summed E-state index contributed by atoms with van der Waals surface area (Å²) in [7, 11) is 0. The van der Waals surface area contributed by atoms with Gasteiger partial charge in [-0.05, 0) is 35.9 Å². The standard InChI is InChI=1S/C15H12N4OS/c20-14(12-2-1-8-16-15(12)21)18-11-5-3-10(4-6-11)13-7-9-17-19-13/h1-9H,(H,16,21)(H,17,19)(H,18,20). The lowest BCUT2D eigenvalue weighted by Gasteiger charge is -2.06. The van der Waals surface area contributed by atoms with Crippen LogP contribution < -0.4 is 5.32 Å². The van der Waals surface area contributed by atoms with Crippen molar-refractivity contribution in [1.29, 1.82) is 0 Å². The fourth-order valence-electron chi connectivity index (χ4n) is 1.95. The Morgan fingerprint density at radius 3 is 2.62 bits per heavy atom. The Hall–Kier alpha value is -2.73. The van der Waals surface area contributed by atoms with Crippen molar-refractivity contribution in [2.24, 2.45) is 0 Å². The number of amides is 1. The van der Waals surface area contributed by atoms with Crippen LogP contribution in [0.5, 0.6) is 0 Å². The number of H-pyrrole nitrogens is 2. The first-order valence-corrected chi connectivity index (χ1v) is 6.74. The summed E-state index contributed by atoms with van der Waals surface area (Å²) in [4.78, 5) is 15.0. The molecule has 0 atom stereocenters. The number of hydrogen-bond donors (Lipinski definition) is 3. The number of aromatic nitrogens is 3. The first kappa shape index (κ1) is 13.3. The van der Waals surface area contributed by atoms with Gasteiger partial charge in [-0.2, -0.15) is 5.10 Å². The number of aromatic amines is 2. The van der Waals surface area contributed by atoms with Crippen molar-refractivity contribution in [2.45, 2.75) is 0 Å². The Balaban J connectivity index is 1.78. The molecule has 5 nitrogen and oxygen atoms in total. The molecule has 0 spiro atoms. The molecule has 6 heteroatoms. The van der Waals surface area contributed by atoms with E-state index in [4.69, 9.17) is 12.2 Å². The van der Waals surface area contributed by atoms with Crippen LogP contribution in [-0.2, 0) is 0 Å². The number of nitrogens with zero attached hydrogens (tertiary/aromatic N) is 1. The van der Waals surface area contributed by atoms with Gasteiger partial charge in [0, 0.05) is 18.1 Å². The average Bonchev–Trinajstić information content (AvgIpc) is 3.02. The first-order valence-electron chi connectivity index (χ1n) is 6.33. The Morgan fingerprint density at radius 2 is 1.95 bits per heavy atom. The lowest BCUT2D eigenvalue weighted by molar-refractivity contribution is 0.102.